The predicted molar refractivity (Wildman–Crippen MR) is 69.7 cm³/mol. The second kappa shape index (κ2) is 6.39. The van der Waals surface area contributed by atoms with Crippen LogP contribution < -0.4 is 5.32 Å². The van der Waals surface area contributed by atoms with Crippen LogP contribution in [0.3, 0.4) is 0 Å². The fourth-order valence-corrected chi connectivity index (χ4v) is 2.27. The van der Waals surface area contributed by atoms with Crippen LogP contribution in [-0.4, -0.2) is 23.2 Å². The summed E-state index contributed by atoms with van der Waals surface area (Å²) in [6.07, 6.45) is 5.36. The molecule has 17 heavy (non-hydrogen) atoms. The van der Waals surface area contributed by atoms with Gasteiger partial charge in [0.05, 0.1) is 5.60 Å². The van der Waals surface area contributed by atoms with Crippen molar-refractivity contribution in [1.82, 2.24) is 5.32 Å². The molecule has 0 heterocycles. The van der Waals surface area contributed by atoms with E-state index < -0.39 is 5.60 Å². The zero-order valence-electron chi connectivity index (χ0n) is 11.5. The van der Waals surface area contributed by atoms with Gasteiger partial charge in [-0.2, -0.15) is 0 Å². The summed E-state index contributed by atoms with van der Waals surface area (Å²) in [6, 6.07) is 0. The molecule has 1 aliphatic rings. The van der Waals surface area contributed by atoms with E-state index in [1.54, 1.807) is 0 Å². The largest absolute Gasteiger partial charge is 0.388 e. The maximum absolute atomic E-state index is 11.6. The highest BCUT2D eigenvalue weighted by Crippen LogP contribution is 2.31. The Morgan fingerprint density at radius 2 is 2.06 bits per heavy atom. The molecule has 1 amide bonds. The van der Waals surface area contributed by atoms with E-state index in [0.29, 0.717) is 24.8 Å². The number of nitrogens with one attached hydrogen (secondary N) is 1. The Morgan fingerprint density at radius 1 is 1.47 bits per heavy atom. The number of hydrogen-bond donors (Lipinski definition) is 2. The molecule has 3 nitrogen and oxygen atoms in total. The minimum atomic E-state index is -0.655. The van der Waals surface area contributed by atoms with Gasteiger partial charge in [0.2, 0.25) is 5.91 Å². The third-order valence-electron chi connectivity index (χ3n) is 4.05. The fourth-order valence-electron chi connectivity index (χ4n) is 2.27. The normalized spacial score (nSPS) is 30.9. The van der Waals surface area contributed by atoms with Crippen molar-refractivity contribution in [2.45, 2.75) is 64.9 Å². The van der Waals surface area contributed by atoms with E-state index in [-0.39, 0.29) is 5.91 Å². The first-order valence-corrected chi connectivity index (χ1v) is 6.94. The number of rotatable bonds is 5. The van der Waals surface area contributed by atoms with Gasteiger partial charge in [-0.3, -0.25) is 4.79 Å². The molecule has 1 aliphatic carbocycles. The maximum atomic E-state index is 11.6. The molecule has 0 aliphatic heterocycles. The van der Waals surface area contributed by atoms with E-state index in [1.165, 1.54) is 0 Å². The molecule has 1 rings (SSSR count). The summed E-state index contributed by atoms with van der Waals surface area (Å²) in [5.74, 6) is 1.22. The fraction of sp³-hybridized carbons (Fsp3) is 0.929. The van der Waals surface area contributed by atoms with Crippen LogP contribution in [0.1, 0.15) is 59.3 Å². The molecule has 1 unspecified atom stereocenters. The molecule has 0 bridgehead atoms. The van der Waals surface area contributed by atoms with Crippen molar-refractivity contribution in [2.75, 3.05) is 6.54 Å². The van der Waals surface area contributed by atoms with E-state index in [1.807, 2.05) is 0 Å². The zero-order chi connectivity index (χ0) is 12.9. The van der Waals surface area contributed by atoms with Gasteiger partial charge in [0.25, 0.3) is 0 Å². The molecule has 0 aromatic heterocycles. The van der Waals surface area contributed by atoms with E-state index >= 15 is 0 Å². The Hall–Kier alpha value is -0.570. The van der Waals surface area contributed by atoms with Gasteiger partial charge < -0.3 is 10.4 Å². The van der Waals surface area contributed by atoms with Gasteiger partial charge >= 0.3 is 0 Å². The van der Waals surface area contributed by atoms with Crippen LogP contribution in [-0.2, 0) is 4.79 Å². The SMILES string of the molecule is CCC(C)CC(=O)NCC1(O)CCC(C)CC1. The first-order valence-electron chi connectivity index (χ1n) is 6.94. The highest BCUT2D eigenvalue weighted by Gasteiger charge is 2.31. The number of aliphatic hydroxyl groups is 1. The average molecular weight is 241 g/mol. The molecule has 1 atom stereocenters. The van der Waals surface area contributed by atoms with Crippen molar-refractivity contribution in [3.63, 3.8) is 0 Å². The second-order valence-corrected chi connectivity index (χ2v) is 5.90. The molecular formula is C14H27NO2. The molecule has 100 valence electrons. The van der Waals surface area contributed by atoms with Gasteiger partial charge in [-0.1, -0.05) is 27.2 Å². The lowest BCUT2D eigenvalue weighted by Gasteiger charge is -2.35. The lowest BCUT2D eigenvalue weighted by atomic mass is 9.79. The molecule has 0 spiro atoms. The lowest BCUT2D eigenvalue weighted by molar-refractivity contribution is -0.123. The Balaban J connectivity index is 2.27. The van der Waals surface area contributed by atoms with Crippen LogP contribution in [0, 0.1) is 11.8 Å². The van der Waals surface area contributed by atoms with Gasteiger partial charge in [-0.25, -0.2) is 0 Å². The summed E-state index contributed by atoms with van der Waals surface area (Å²) < 4.78 is 0. The molecule has 3 heteroatoms. The average Bonchev–Trinajstić information content (AvgIpc) is 2.31. The van der Waals surface area contributed by atoms with Gasteiger partial charge in [0, 0.05) is 13.0 Å². The molecule has 0 saturated heterocycles. The Labute approximate surface area is 105 Å². The van der Waals surface area contributed by atoms with Crippen LogP contribution in [0.25, 0.3) is 0 Å². The quantitative estimate of drug-likeness (QED) is 0.777. The second-order valence-electron chi connectivity index (χ2n) is 5.90. The van der Waals surface area contributed by atoms with Crippen molar-refractivity contribution in [1.29, 1.82) is 0 Å². The summed E-state index contributed by atoms with van der Waals surface area (Å²) in [7, 11) is 0. The minimum Gasteiger partial charge on any atom is -0.388 e. The summed E-state index contributed by atoms with van der Waals surface area (Å²) in [5, 5.41) is 13.2. The van der Waals surface area contributed by atoms with Crippen molar-refractivity contribution in [2.24, 2.45) is 11.8 Å². The van der Waals surface area contributed by atoms with Gasteiger partial charge in [0.1, 0.15) is 0 Å². The highest BCUT2D eigenvalue weighted by atomic mass is 16.3. The molecular weight excluding hydrogens is 214 g/mol. The Bertz CT molecular complexity index is 245. The molecule has 1 fully saturated rings. The first kappa shape index (κ1) is 14.5. The van der Waals surface area contributed by atoms with Crippen molar-refractivity contribution in [3.8, 4) is 0 Å². The standard InChI is InChI=1S/C14H27NO2/c1-4-11(2)9-13(16)15-10-14(17)7-5-12(3)6-8-14/h11-12,17H,4-10H2,1-3H3,(H,15,16). The third-order valence-corrected chi connectivity index (χ3v) is 4.05. The first-order chi connectivity index (χ1) is 7.95. The maximum Gasteiger partial charge on any atom is 0.220 e. The number of amides is 1. The Morgan fingerprint density at radius 3 is 2.59 bits per heavy atom. The zero-order valence-corrected chi connectivity index (χ0v) is 11.5. The molecule has 0 aromatic carbocycles. The van der Waals surface area contributed by atoms with Gasteiger partial charge in [-0.15, -0.1) is 0 Å². The van der Waals surface area contributed by atoms with Crippen LogP contribution >= 0.6 is 0 Å². The topological polar surface area (TPSA) is 49.3 Å². The number of carbonyl (C=O) groups is 1. The van der Waals surface area contributed by atoms with E-state index in [4.69, 9.17) is 0 Å². The molecule has 0 aromatic rings. The van der Waals surface area contributed by atoms with E-state index in [9.17, 15) is 9.90 Å². The smallest absolute Gasteiger partial charge is 0.220 e. The van der Waals surface area contributed by atoms with E-state index in [2.05, 4.69) is 26.1 Å². The molecule has 1 saturated carbocycles. The lowest BCUT2D eigenvalue weighted by Crippen LogP contribution is -2.45. The van der Waals surface area contributed by atoms with Crippen molar-refractivity contribution in [3.05, 3.63) is 0 Å². The number of carbonyl (C=O) groups excluding carboxylic acids is 1. The van der Waals surface area contributed by atoms with Crippen LogP contribution in [0.5, 0.6) is 0 Å². The summed E-state index contributed by atoms with van der Waals surface area (Å²) in [6.45, 7) is 6.82. The monoisotopic (exact) mass is 241 g/mol. The van der Waals surface area contributed by atoms with Gasteiger partial charge in [-0.05, 0) is 37.5 Å². The summed E-state index contributed by atoms with van der Waals surface area (Å²) in [4.78, 5) is 11.6. The van der Waals surface area contributed by atoms with E-state index in [0.717, 1.165) is 32.1 Å². The third kappa shape index (κ3) is 5.07. The molecule has 2 N–H and O–H groups in total. The van der Waals surface area contributed by atoms with Crippen molar-refractivity contribution < 1.29 is 9.90 Å². The highest BCUT2D eigenvalue weighted by molar-refractivity contribution is 5.76. The van der Waals surface area contributed by atoms with Crippen LogP contribution in [0.15, 0.2) is 0 Å². The molecule has 0 radical (unpaired) electrons. The van der Waals surface area contributed by atoms with Crippen LogP contribution in [0.4, 0.5) is 0 Å². The van der Waals surface area contributed by atoms with Gasteiger partial charge in [0.15, 0.2) is 0 Å². The number of hydrogen-bond acceptors (Lipinski definition) is 2. The predicted octanol–water partition coefficient (Wildman–Crippen LogP) is 2.48. The van der Waals surface area contributed by atoms with Crippen molar-refractivity contribution >= 4 is 5.91 Å². The summed E-state index contributed by atoms with van der Waals surface area (Å²) in [5.41, 5.74) is -0.655. The summed E-state index contributed by atoms with van der Waals surface area (Å²) >= 11 is 0. The Kier molecular flexibility index (Phi) is 5.44. The van der Waals surface area contributed by atoms with Crippen LogP contribution in [0.2, 0.25) is 0 Å². The minimum absolute atomic E-state index is 0.0754.